The molecule has 1 aliphatic heterocycles. The summed E-state index contributed by atoms with van der Waals surface area (Å²) in [7, 11) is 0. The van der Waals surface area contributed by atoms with Crippen LogP contribution in [-0.4, -0.2) is 54.8 Å². The van der Waals surface area contributed by atoms with Gasteiger partial charge in [0.1, 0.15) is 30.9 Å². The zero-order valence-electron chi connectivity index (χ0n) is 14.1. The van der Waals surface area contributed by atoms with Crippen LogP contribution < -0.4 is 11.2 Å². The van der Waals surface area contributed by atoms with Crippen molar-refractivity contribution in [1.29, 1.82) is 0 Å². The van der Waals surface area contributed by atoms with Crippen LogP contribution >= 0.6 is 0 Å². The van der Waals surface area contributed by atoms with Gasteiger partial charge in [-0.2, -0.15) is 0 Å². The molecule has 0 spiro atoms. The third-order valence-corrected chi connectivity index (χ3v) is 4.24. The van der Waals surface area contributed by atoms with Gasteiger partial charge < -0.3 is 9.84 Å². The van der Waals surface area contributed by atoms with Crippen molar-refractivity contribution in [1.82, 2.24) is 24.1 Å². The van der Waals surface area contributed by atoms with Crippen LogP contribution in [0.4, 0.5) is 8.78 Å². The Morgan fingerprint density at radius 1 is 1.38 bits per heavy atom. The first kappa shape index (κ1) is 18.4. The number of aromatic nitrogens is 5. The van der Waals surface area contributed by atoms with Gasteiger partial charge in [-0.15, -0.1) is 5.10 Å². The molecule has 1 N–H and O–H groups in total. The number of hydrogen-bond donors (Lipinski definition) is 1. The third-order valence-electron chi connectivity index (χ3n) is 4.24. The van der Waals surface area contributed by atoms with Gasteiger partial charge in [-0.05, 0) is 6.92 Å². The van der Waals surface area contributed by atoms with Crippen molar-refractivity contribution in [2.45, 2.75) is 44.9 Å². The van der Waals surface area contributed by atoms with Crippen LogP contribution in [0.1, 0.15) is 23.9 Å². The number of halogens is 2. The summed E-state index contributed by atoms with van der Waals surface area (Å²) in [5.74, 6) is 0. The highest BCUT2D eigenvalue weighted by Crippen LogP contribution is 2.29. The molecule has 0 aromatic carbocycles. The molecular weight excluding hydrogens is 352 g/mol. The number of aliphatic hydroxyl groups is 1. The molecule has 2 aromatic heterocycles. The van der Waals surface area contributed by atoms with Crippen molar-refractivity contribution >= 4 is 0 Å². The van der Waals surface area contributed by atoms with Crippen LogP contribution in [0.3, 0.4) is 0 Å². The summed E-state index contributed by atoms with van der Waals surface area (Å²) in [6.07, 6.45) is -0.661. The number of alkyl halides is 2. The molecule has 0 radical (unpaired) electrons. The molecule has 1 saturated heterocycles. The highest BCUT2D eigenvalue weighted by molar-refractivity contribution is 5.06. The van der Waals surface area contributed by atoms with E-state index in [4.69, 9.17) is 9.84 Å². The molecule has 26 heavy (non-hydrogen) atoms. The van der Waals surface area contributed by atoms with Crippen molar-refractivity contribution in [2.75, 3.05) is 13.3 Å². The predicted molar refractivity (Wildman–Crippen MR) is 85.3 cm³/mol. The van der Waals surface area contributed by atoms with Crippen molar-refractivity contribution in [3.05, 3.63) is 44.5 Å². The Kier molecular flexibility index (Phi) is 5.28. The minimum atomic E-state index is -1.40. The van der Waals surface area contributed by atoms with Crippen LogP contribution in [0.15, 0.2) is 22.0 Å². The fraction of sp³-hybridized carbons (Fsp3) is 0.600. The zero-order chi connectivity index (χ0) is 18.8. The SMILES string of the molecule is Cc1cn([C@H]2CC(F)[C@@H](CO)O2)c(=O)n(Cc2cn(CCF)nn2)c1=O. The van der Waals surface area contributed by atoms with Crippen molar-refractivity contribution < 1.29 is 18.6 Å². The summed E-state index contributed by atoms with van der Waals surface area (Å²) in [5.41, 5.74) is -0.609. The van der Waals surface area contributed by atoms with Crippen LogP contribution in [0, 0.1) is 6.92 Å². The second kappa shape index (κ2) is 7.46. The van der Waals surface area contributed by atoms with Gasteiger partial charge in [-0.1, -0.05) is 5.21 Å². The molecular formula is C15H19F2N5O4. The van der Waals surface area contributed by atoms with E-state index in [1.165, 1.54) is 24.0 Å². The van der Waals surface area contributed by atoms with Crippen molar-refractivity contribution in [3.63, 3.8) is 0 Å². The highest BCUT2D eigenvalue weighted by atomic mass is 19.1. The molecule has 11 heteroatoms. The number of hydrogen-bond acceptors (Lipinski definition) is 6. The van der Waals surface area contributed by atoms with Crippen LogP contribution in [0.2, 0.25) is 0 Å². The topological polar surface area (TPSA) is 104 Å². The fourth-order valence-corrected chi connectivity index (χ4v) is 2.90. The van der Waals surface area contributed by atoms with Crippen LogP contribution in [0.25, 0.3) is 0 Å². The molecule has 0 saturated carbocycles. The Labute approximate surface area is 146 Å². The summed E-state index contributed by atoms with van der Waals surface area (Å²) in [5, 5.41) is 16.6. The van der Waals surface area contributed by atoms with Crippen LogP contribution in [-0.2, 0) is 17.8 Å². The second-order valence-corrected chi connectivity index (χ2v) is 6.12. The van der Waals surface area contributed by atoms with Gasteiger partial charge in [-0.3, -0.25) is 13.9 Å². The van der Waals surface area contributed by atoms with E-state index in [9.17, 15) is 18.4 Å². The molecule has 3 atom stereocenters. The molecule has 142 valence electrons. The second-order valence-electron chi connectivity index (χ2n) is 6.12. The molecule has 1 aliphatic rings. The molecule has 0 aliphatic carbocycles. The number of rotatable bonds is 6. The molecule has 1 unspecified atom stereocenters. The van der Waals surface area contributed by atoms with Crippen LogP contribution in [0.5, 0.6) is 0 Å². The van der Waals surface area contributed by atoms with E-state index in [-0.39, 0.29) is 25.1 Å². The van der Waals surface area contributed by atoms with Gasteiger partial charge in [0.05, 0.1) is 25.9 Å². The largest absolute Gasteiger partial charge is 0.394 e. The molecule has 3 rings (SSSR count). The highest BCUT2D eigenvalue weighted by Gasteiger charge is 2.36. The first-order chi connectivity index (χ1) is 12.4. The van der Waals surface area contributed by atoms with E-state index in [2.05, 4.69) is 10.3 Å². The molecule has 0 bridgehead atoms. The van der Waals surface area contributed by atoms with Gasteiger partial charge in [-0.25, -0.2) is 18.3 Å². The smallest absolute Gasteiger partial charge is 0.333 e. The molecule has 2 aromatic rings. The number of aliphatic hydroxyl groups excluding tert-OH is 1. The van der Waals surface area contributed by atoms with Gasteiger partial charge >= 0.3 is 5.69 Å². The first-order valence-corrected chi connectivity index (χ1v) is 8.12. The zero-order valence-corrected chi connectivity index (χ0v) is 14.1. The van der Waals surface area contributed by atoms with E-state index in [1.807, 2.05) is 0 Å². The predicted octanol–water partition coefficient (Wildman–Crippen LogP) is -0.454. The maximum atomic E-state index is 13.8. The normalized spacial score (nSPS) is 22.8. The average Bonchev–Trinajstić information content (AvgIpc) is 3.21. The summed E-state index contributed by atoms with van der Waals surface area (Å²) < 4.78 is 34.9. The lowest BCUT2D eigenvalue weighted by molar-refractivity contribution is -0.0361. The van der Waals surface area contributed by atoms with Gasteiger partial charge in [0.15, 0.2) is 0 Å². The third kappa shape index (κ3) is 3.44. The van der Waals surface area contributed by atoms with Gasteiger partial charge in [0.25, 0.3) is 5.56 Å². The maximum absolute atomic E-state index is 13.8. The number of nitrogens with zero attached hydrogens (tertiary/aromatic N) is 5. The summed E-state index contributed by atoms with van der Waals surface area (Å²) in [4.78, 5) is 25.1. The lowest BCUT2D eigenvalue weighted by Crippen LogP contribution is -2.42. The quantitative estimate of drug-likeness (QED) is 0.737. The Balaban J connectivity index is 1.94. The minimum Gasteiger partial charge on any atom is -0.394 e. The Morgan fingerprint density at radius 3 is 2.81 bits per heavy atom. The monoisotopic (exact) mass is 371 g/mol. The lowest BCUT2D eigenvalue weighted by Gasteiger charge is -2.17. The van der Waals surface area contributed by atoms with Crippen molar-refractivity contribution in [2.24, 2.45) is 0 Å². The first-order valence-electron chi connectivity index (χ1n) is 8.12. The Hall–Kier alpha value is -2.40. The Morgan fingerprint density at radius 2 is 2.15 bits per heavy atom. The Bertz CT molecular complexity index is 893. The van der Waals surface area contributed by atoms with E-state index >= 15 is 0 Å². The molecule has 1 fully saturated rings. The minimum absolute atomic E-state index is 0.0241. The number of aryl methyl sites for hydroxylation is 2. The summed E-state index contributed by atoms with van der Waals surface area (Å²) >= 11 is 0. The van der Waals surface area contributed by atoms with Gasteiger partial charge in [0, 0.05) is 18.2 Å². The molecule has 9 nitrogen and oxygen atoms in total. The van der Waals surface area contributed by atoms with E-state index in [0.717, 1.165) is 9.13 Å². The molecule has 0 amide bonds. The van der Waals surface area contributed by atoms with E-state index in [0.29, 0.717) is 5.69 Å². The van der Waals surface area contributed by atoms with E-state index in [1.54, 1.807) is 0 Å². The molecule has 3 heterocycles. The maximum Gasteiger partial charge on any atom is 0.333 e. The van der Waals surface area contributed by atoms with Crippen molar-refractivity contribution in [3.8, 4) is 0 Å². The van der Waals surface area contributed by atoms with E-state index < -0.39 is 43.0 Å². The number of ether oxygens (including phenoxy) is 1. The fourth-order valence-electron chi connectivity index (χ4n) is 2.90. The summed E-state index contributed by atoms with van der Waals surface area (Å²) in [6.45, 7) is 0.287. The standard InChI is InChI=1S/C15H19F2N5O4/c1-9-5-21(13-4-11(17)12(8-23)26-13)15(25)22(14(9)24)7-10-6-20(3-2-16)19-18-10/h5-6,11-13,23H,2-4,7-8H2,1H3/t11?,12-,13-/m1/s1. The van der Waals surface area contributed by atoms with Gasteiger partial charge in [0.2, 0.25) is 0 Å². The lowest BCUT2D eigenvalue weighted by atomic mass is 10.2. The average molecular weight is 371 g/mol. The summed E-state index contributed by atoms with van der Waals surface area (Å²) in [6, 6.07) is 0.